The van der Waals surface area contributed by atoms with Crippen LogP contribution in [0.3, 0.4) is 0 Å². The molecule has 1 saturated heterocycles. The maximum absolute atomic E-state index is 11.6. The van der Waals surface area contributed by atoms with Gasteiger partial charge in [0.2, 0.25) is 0 Å². The number of imide groups is 1. The lowest BCUT2D eigenvalue weighted by Crippen LogP contribution is -2.22. The second-order valence-electron chi connectivity index (χ2n) is 5.55. The molecule has 0 aliphatic carbocycles. The van der Waals surface area contributed by atoms with Gasteiger partial charge in [-0.25, -0.2) is 4.79 Å². The van der Waals surface area contributed by atoms with Gasteiger partial charge < -0.3 is 14.8 Å². The van der Waals surface area contributed by atoms with E-state index in [4.69, 9.17) is 9.47 Å². The van der Waals surface area contributed by atoms with Crippen molar-refractivity contribution in [2.75, 3.05) is 13.2 Å². The number of hydrogen-bond donors (Lipinski definition) is 2. The zero-order valence-electron chi connectivity index (χ0n) is 14.6. The summed E-state index contributed by atoms with van der Waals surface area (Å²) in [5.74, 6) is -0.563. The Labute approximate surface area is 154 Å². The molecule has 1 aliphatic heterocycles. The van der Waals surface area contributed by atoms with Crippen molar-refractivity contribution in [3.8, 4) is 5.75 Å². The van der Waals surface area contributed by atoms with Gasteiger partial charge in [0.15, 0.2) is 0 Å². The van der Waals surface area contributed by atoms with E-state index < -0.39 is 16.9 Å². The normalized spacial score (nSPS) is 14.6. The predicted octanol–water partition coefficient (Wildman–Crippen LogP) is 1.89. The number of hydrogen-bond acceptors (Lipinski definition) is 7. The molecule has 0 radical (unpaired) electrons. The molecule has 0 unspecified atom stereocenters. The third-order valence-electron chi connectivity index (χ3n) is 3.56. The van der Waals surface area contributed by atoms with Gasteiger partial charge in [-0.3, -0.25) is 25.0 Å². The van der Waals surface area contributed by atoms with E-state index in [1.807, 2.05) is 5.32 Å². The van der Waals surface area contributed by atoms with Gasteiger partial charge in [-0.15, -0.1) is 0 Å². The van der Waals surface area contributed by atoms with Gasteiger partial charge in [0.1, 0.15) is 11.4 Å². The zero-order chi connectivity index (χ0) is 19.8. The first kappa shape index (κ1) is 19.9. The molecule has 0 bridgehead atoms. The summed E-state index contributed by atoms with van der Waals surface area (Å²) in [7, 11) is 0. The number of rotatable bonds is 9. The summed E-state index contributed by atoms with van der Waals surface area (Å²) in [5, 5.41) is 15.5. The van der Waals surface area contributed by atoms with E-state index >= 15 is 0 Å². The third kappa shape index (κ3) is 5.80. The van der Waals surface area contributed by atoms with Crippen LogP contribution in [-0.4, -0.2) is 36.0 Å². The number of nitro benzene ring substituents is 1. The van der Waals surface area contributed by atoms with Gasteiger partial charge in [0.05, 0.1) is 23.7 Å². The average Bonchev–Trinajstić information content (AvgIpc) is 2.92. The van der Waals surface area contributed by atoms with E-state index in [1.54, 1.807) is 6.92 Å². The maximum Gasteiger partial charge on any atom is 0.326 e. The molecule has 27 heavy (non-hydrogen) atoms. The number of benzene rings is 1. The van der Waals surface area contributed by atoms with E-state index in [0.29, 0.717) is 38.2 Å². The Balaban J connectivity index is 2.01. The van der Waals surface area contributed by atoms with Crippen molar-refractivity contribution in [2.24, 2.45) is 0 Å². The first-order valence-electron chi connectivity index (χ1n) is 8.31. The van der Waals surface area contributed by atoms with Gasteiger partial charge in [-0.05, 0) is 38.0 Å². The molecule has 0 aromatic heterocycles. The highest BCUT2D eigenvalue weighted by Gasteiger charge is 2.24. The van der Waals surface area contributed by atoms with Crippen LogP contribution in [0.4, 0.5) is 10.5 Å². The van der Waals surface area contributed by atoms with Crippen molar-refractivity contribution in [1.82, 2.24) is 10.6 Å². The molecule has 3 amide bonds. The zero-order valence-corrected chi connectivity index (χ0v) is 14.6. The molecule has 1 aliphatic rings. The monoisotopic (exact) mass is 377 g/mol. The van der Waals surface area contributed by atoms with E-state index in [-0.39, 0.29) is 22.9 Å². The molecule has 0 saturated carbocycles. The molecule has 0 atom stereocenters. The largest absolute Gasteiger partial charge is 0.494 e. The Morgan fingerprint density at radius 2 is 2.04 bits per heavy atom. The molecular weight excluding hydrogens is 358 g/mol. The van der Waals surface area contributed by atoms with Crippen LogP contribution < -0.4 is 15.4 Å². The SMILES string of the molecule is CCOC(=O)CCCCOc1ccc([N+](=O)[O-])c(C=C2NC(=O)NC2=O)c1. The fourth-order valence-corrected chi connectivity index (χ4v) is 2.34. The fourth-order valence-electron chi connectivity index (χ4n) is 2.34. The third-order valence-corrected chi connectivity index (χ3v) is 3.56. The highest BCUT2D eigenvalue weighted by Crippen LogP contribution is 2.26. The molecule has 1 fully saturated rings. The molecule has 1 heterocycles. The van der Waals surface area contributed by atoms with E-state index in [2.05, 4.69) is 5.32 Å². The van der Waals surface area contributed by atoms with Gasteiger partial charge in [0.25, 0.3) is 11.6 Å². The average molecular weight is 377 g/mol. The second-order valence-corrected chi connectivity index (χ2v) is 5.55. The molecule has 10 nitrogen and oxygen atoms in total. The van der Waals surface area contributed by atoms with Crippen LogP contribution in [0.1, 0.15) is 31.7 Å². The minimum absolute atomic E-state index is 0.0883. The van der Waals surface area contributed by atoms with Crippen LogP contribution in [0, 0.1) is 10.1 Å². The number of ether oxygens (including phenoxy) is 2. The molecule has 1 aromatic carbocycles. The van der Waals surface area contributed by atoms with Crippen LogP contribution in [0.2, 0.25) is 0 Å². The lowest BCUT2D eigenvalue weighted by molar-refractivity contribution is -0.385. The molecular formula is C17H19N3O7. The van der Waals surface area contributed by atoms with Crippen LogP contribution in [0.5, 0.6) is 5.75 Å². The Hall–Kier alpha value is -3.43. The number of nitrogens with one attached hydrogen (secondary N) is 2. The van der Waals surface area contributed by atoms with Crippen LogP contribution in [0.25, 0.3) is 6.08 Å². The molecule has 2 N–H and O–H groups in total. The van der Waals surface area contributed by atoms with E-state index in [0.717, 1.165) is 0 Å². The first-order valence-corrected chi connectivity index (χ1v) is 8.31. The first-order chi connectivity index (χ1) is 12.9. The van der Waals surface area contributed by atoms with Crippen molar-refractivity contribution in [1.29, 1.82) is 0 Å². The van der Waals surface area contributed by atoms with Crippen LogP contribution in [-0.2, 0) is 14.3 Å². The summed E-state index contributed by atoms with van der Waals surface area (Å²) in [6, 6.07) is 3.42. The van der Waals surface area contributed by atoms with Gasteiger partial charge >= 0.3 is 12.0 Å². The smallest absolute Gasteiger partial charge is 0.326 e. The number of esters is 1. The molecule has 2 rings (SSSR count). The predicted molar refractivity (Wildman–Crippen MR) is 93.7 cm³/mol. The van der Waals surface area contributed by atoms with E-state index in [1.165, 1.54) is 24.3 Å². The number of carbonyl (C=O) groups is 3. The summed E-state index contributed by atoms with van der Waals surface area (Å²) in [4.78, 5) is 44.6. The number of carbonyl (C=O) groups excluding carboxylic acids is 3. The molecule has 1 aromatic rings. The van der Waals surface area contributed by atoms with Crippen molar-refractivity contribution in [2.45, 2.75) is 26.2 Å². The topological polar surface area (TPSA) is 137 Å². The van der Waals surface area contributed by atoms with Crippen molar-refractivity contribution >= 4 is 29.7 Å². The molecule has 0 spiro atoms. The minimum atomic E-state index is -0.692. The standard InChI is InChI=1S/C17H19N3O7/c1-2-26-15(21)5-3-4-8-27-12-6-7-14(20(24)25)11(9-12)10-13-16(22)19-17(23)18-13/h6-7,9-10H,2-5,8H2,1H3,(H2,18,19,22,23). The summed E-state index contributed by atoms with van der Waals surface area (Å²) < 4.78 is 10.4. The van der Waals surface area contributed by atoms with Gasteiger partial charge in [-0.1, -0.05) is 0 Å². The second kappa shape index (κ2) is 9.32. The number of unbranched alkanes of at least 4 members (excludes halogenated alkanes) is 1. The molecule has 10 heteroatoms. The van der Waals surface area contributed by atoms with Crippen molar-refractivity contribution < 1.29 is 28.8 Å². The van der Waals surface area contributed by atoms with Crippen LogP contribution in [0.15, 0.2) is 23.9 Å². The number of amides is 3. The maximum atomic E-state index is 11.6. The Kier molecular flexibility index (Phi) is 6.86. The van der Waals surface area contributed by atoms with Crippen molar-refractivity contribution in [3.63, 3.8) is 0 Å². The molecule has 144 valence electrons. The highest BCUT2D eigenvalue weighted by molar-refractivity contribution is 6.14. The van der Waals surface area contributed by atoms with Crippen LogP contribution >= 0.6 is 0 Å². The lowest BCUT2D eigenvalue weighted by Gasteiger charge is -2.08. The number of nitrogens with zero attached hydrogens (tertiary/aromatic N) is 1. The fraction of sp³-hybridized carbons (Fsp3) is 0.353. The number of urea groups is 1. The van der Waals surface area contributed by atoms with Gasteiger partial charge in [0, 0.05) is 12.5 Å². The number of nitro groups is 1. The quantitative estimate of drug-likeness (QED) is 0.167. The summed E-state index contributed by atoms with van der Waals surface area (Å²) in [6.07, 6.45) is 2.70. The Bertz CT molecular complexity index is 789. The van der Waals surface area contributed by atoms with Crippen molar-refractivity contribution in [3.05, 3.63) is 39.6 Å². The minimum Gasteiger partial charge on any atom is -0.494 e. The summed E-state index contributed by atoms with van der Waals surface area (Å²) in [6.45, 7) is 2.39. The van der Waals surface area contributed by atoms with E-state index in [9.17, 15) is 24.5 Å². The Morgan fingerprint density at radius 1 is 1.26 bits per heavy atom. The highest BCUT2D eigenvalue weighted by atomic mass is 16.6. The van der Waals surface area contributed by atoms with Gasteiger partial charge in [-0.2, -0.15) is 0 Å². The summed E-state index contributed by atoms with van der Waals surface area (Å²) >= 11 is 0. The lowest BCUT2D eigenvalue weighted by atomic mass is 10.1. The summed E-state index contributed by atoms with van der Waals surface area (Å²) in [5.41, 5.74) is -0.197. The Morgan fingerprint density at radius 3 is 2.67 bits per heavy atom.